The number of morpholine rings is 1. The van der Waals surface area contributed by atoms with Crippen molar-refractivity contribution in [3.05, 3.63) is 17.5 Å². The van der Waals surface area contributed by atoms with Crippen LogP contribution in [0, 0.1) is 0 Å². The van der Waals surface area contributed by atoms with Crippen LogP contribution in [0.5, 0.6) is 0 Å². The topological polar surface area (TPSA) is 30.3 Å². The molecule has 1 aliphatic heterocycles. The van der Waals surface area contributed by atoms with Crippen LogP contribution in [-0.2, 0) is 11.2 Å². The Morgan fingerprint density at radius 1 is 1.21 bits per heavy atom. The molecule has 0 aromatic carbocycles. The summed E-state index contributed by atoms with van der Waals surface area (Å²) in [6.07, 6.45) is 3.28. The Bertz CT molecular complexity index is 392. The van der Waals surface area contributed by atoms with Gasteiger partial charge in [-0.25, -0.2) is 0 Å². The monoisotopic (exact) mass is 265 g/mol. The van der Waals surface area contributed by atoms with Gasteiger partial charge in [-0.05, 0) is 25.3 Å². The van der Waals surface area contributed by atoms with E-state index in [4.69, 9.17) is 9.84 Å². The number of aromatic nitrogens is 2. The van der Waals surface area contributed by atoms with Crippen LogP contribution >= 0.6 is 0 Å². The SMILES string of the molecule is CC(C)c1cn(C(C)C)nc1CCN1CCOCC1. The molecular weight excluding hydrogens is 238 g/mol. The van der Waals surface area contributed by atoms with E-state index in [9.17, 15) is 0 Å². The van der Waals surface area contributed by atoms with Gasteiger partial charge in [-0.1, -0.05) is 13.8 Å². The van der Waals surface area contributed by atoms with Crippen molar-refractivity contribution in [1.29, 1.82) is 0 Å². The van der Waals surface area contributed by atoms with Gasteiger partial charge in [0.15, 0.2) is 0 Å². The van der Waals surface area contributed by atoms with Gasteiger partial charge in [-0.3, -0.25) is 9.58 Å². The highest BCUT2D eigenvalue weighted by Gasteiger charge is 2.16. The van der Waals surface area contributed by atoms with Crippen molar-refractivity contribution in [3.63, 3.8) is 0 Å². The second kappa shape index (κ2) is 6.53. The van der Waals surface area contributed by atoms with E-state index >= 15 is 0 Å². The molecule has 1 saturated heterocycles. The smallest absolute Gasteiger partial charge is 0.0672 e. The zero-order chi connectivity index (χ0) is 13.8. The van der Waals surface area contributed by atoms with Gasteiger partial charge < -0.3 is 4.74 Å². The molecule has 0 unspecified atom stereocenters. The summed E-state index contributed by atoms with van der Waals surface area (Å²) in [4.78, 5) is 2.47. The summed E-state index contributed by atoms with van der Waals surface area (Å²) in [5.74, 6) is 0.548. The van der Waals surface area contributed by atoms with Gasteiger partial charge in [-0.2, -0.15) is 5.10 Å². The van der Waals surface area contributed by atoms with Gasteiger partial charge >= 0.3 is 0 Å². The maximum atomic E-state index is 5.39. The summed E-state index contributed by atoms with van der Waals surface area (Å²) in [6.45, 7) is 13.8. The lowest BCUT2D eigenvalue weighted by Gasteiger charge is -2.26. The van der Waals surface area contributed by atoms with Crippen LogP contribution in [0.2, 0.25) is 0 Å². The second-order valence-electron chi connectivity index (χ2n) is 5.96. The molecule has 0 amide bonds. The van der Waals surface area contributed by atoms with Crippen molar-refractivity contribution >= 4 is 0 Å². The number of hydrogen-bond acceptors (Lipinski definition) is 3. The van der Waals surface area contributed by atoms with Gasteiger partial charge in [0.25, 0.3) is 0 Å². The van der Waals surface area contributed by atoms with E-state index in [2.05, 4.69) is 43.5 Å². The Morgan fingerprint density at radius 2 is 1.89 bits per heavy atom. The van der Waals surface area contributed by atoms with Crippen LogP contribution in [0.25, 0.3) is 0 Å². The van der Waals surface area contributed by atoms with E-state index in [1.54, 1.807) is 0 Å². The normalized spacial score (nSPS) is 17.6. The predicted octanol–water partition coefficient (Wildman–Crippen LogP) is 2.46. The average molecular weight is 265 g/mol. The molecule has 2 heterocycles. The molecule has 1 aromatic heterocycles. The van der Waals surface area contributed by atoms with Crippen LogP contribution in [0.1, 0.15) is 50.9 Å². The molecule has 0 N–H and O–H groups in total. The van der Waals surface area contributed by atoms with Crippen LogP contribution < -0.4 is 0 Å². The van der Waals surface area contributed by atoms with Gasteiger partial charge in [0.1, 0.15) is 0 Å². The molecule has 4 nitrogen and oxygen atoms in total. The van der Waals surface area contributed by atoms with E-state index < -0.39 is 0 Å². The Kier molecular flexibility index (Phi) is 4.99. The quantitative estimate of drug-likeness (QED) is 0.819. The van der Waals surface area contributed by atoms with Gasteiger partial charge in [0.05, 0.1) is 18.9 Å². The Balaban J connectivity index is 2.01. The highest BCUT2D eigenvalue weighted by molar-refractivity contribution is 5.21. The zero-order valence-electron chi connectivity index (χ0n) is 12.7. The summed E-state index contributed by atoms with van der Waals surface area (Å²) in [6, 6.07) is 0.439. The largest absolute Gasteiger partial charge is 0.379 e. The number of rotatable bonds is 5. The summed E-state index contributed by atoms with van der Waals surface area (Å²) in [5, 5.41) is 4.77. The van der Waals surface area contributed by atoms with Gasteiger partial charge in [0, 0.05) is 38.3 Å². The molecule has 0 spiro atoms. The highest BCUT2D eigenvalue weighted by atomic mass is 16.5. The molecule has 0 aliphatic carbocycles. The molecule has 4 heteroatoms. The molecule has 1 aliphatic rings. The summed E-state index contributed by atoms with van der Waals surface area (Å²) < 4.78 is 7.49. The third-order valence-corrected chi connectivity index (χ3v) is 3.76. The fourth-order valence-electron chi connectivity index (χ4n) is 2.47. The first kappa shape index (κ1) is 14.5. The number of hydrogen-bond donors (Lipinski definition) is 0. The molecule has 1 aromatic rings. The van der Waals surface area contributed by atoms with E-state index in [-0.39, 0.29) is 0 Å². The fraction of sp³-hybridized carbons (Fsp3) is 0.800. The highest BCUT2D eigenvalue weighted by Crippen LogP contribution is 2.21. The Hall–Kier alpha value is -0.870. The average Bonchev–Trinajstić information content (AvgIpc) is 2.82. The molecule has 0 saturated carbocycles. The zero-order valence-corrected chi connectivity index (χ0v) is 12.7. The summed E-state index contributed by atoms with van der Waals surface area (Å²) >= 11 is 0. The maximum Gasteiger partial charge on any atom is 0.0672 e. The summed E-state index contributed by atoms with van der Waals surface area (Å²) in [7, 11) is 0. The molecule has 2 rings (SSSR count). The molecular formula is C15H27N3O. The van der Waals surface area contributed by atoms with Crippen molar-refractivity contribution in [3.8, 4) is 0 Å². The number of ether oxygens (including phenoxy) is 1. The van der Waals surface area contributed by atoms with Crippen molar-refractivity contribution < 1.29 is 4.74 Å². The third kappa shape index (κ3) is 3.80. The minimum Gasteiger partial charge on any atom is -0.379 e. The second-order valence-corrected chi connectivity index (χ2v) is 5.96. The van der Waals surface area contributed by atoms with Crippen molar-refractivity contribution in [2.75, 3.05) is 32.8 Å². The van der Waals surface area contributed by atoms with Crippen LogP contribution in [-0.4, -0.2) is 47.5 Å². The lowest BCUT2D eigenvalue weighted by atomic mass is 10.0. The van der Waals surface area contributed by atoms with E-state index in [1.807, 2.05) is 0 Å². The fourth-order valence-corrected chi connectivity index (χ4v) is 2.47. The molecule has 1 fully saturated rings. The molecule has 0 radical (unpaired) electrons. The molecule has 0 bridgehead atoms. The van der Waals surface area contributed by atoms with Crippen LogP contribution in [0.15, 0.2) is 6.20 Å². The van der Waals surface area contributed by atoms with Gasteiger partial charge in [-0.15, -0.1) is 0 Å². The lowest BCUT2D eigenvalue weighted by Crippen LogP contribution is -2.37. The third-order valence-electron chi connectivity index (χ3n) is 3.76. The Morgan fingerprint density at radius 3 is 2.47 bits per heavy atom. The molecule has 108 valence electrons. The van der Waals surface area contributed by atoms with Gasteiger partial charge in [0.2, 0.25) is 0 Å². The standard InChI is InChI=1S/C15H27N3O/c1-12(2)14-11-18(13(3)4)16-15(14)5-6-17-7-9-19-10-8-17/h11-13H,5-10H2,1-4H3. The first-order valence-corrected chi connectivity index (χ1v) is 7.46. The van der Waals surface area contributed by atoms with Crippen LogP contribution in [0.3, 0.4) is 0 Å². The van der Waals surface area contributed by atoms with E-state index in [0.29, 0.717) is 12.0 Å². The lowest BCUT2D eigenvalue weighted by molar-refractivity contribution is 0.0383. The van der Waals surface area contributed by atoms with Crippen molar-refractivity contribution in [2.24, 2.45) is 0 Å². The van der Waals surface area contributed by atoms with E-state index in [0.717, 1.165) is 39.3 Å². The molecule has 0 atom stereocenters. The van der Waals surface area contributed by atoms with Crippen LogP contribution in [0.4, 0.5) is 0 Å². The Labute approximate surface area is 116 Å². The van der Waals surface area contributed by atoms with Crippen molar-refractivity contribution in [2.45, 2.75) is 46.1 Å². The summed E-state index contributed by atoms with van der Waals surface area (Å²) in [5.41, 5.74) is 2.68. The maximum absolute atomic E-state index is 5.39. The van der Waals surface area contributed by atoms with Crippen molar-refractivity contribution in [1.82, 2.24) is 14.7 Å². The minimum atomic E-state index is 0.439. The molecule has 19 heavy (non-hydrogen) atoms. The predicted molar refractivity (Wildman–Crippen MR) is 77.7 cm³/mol. The first-order valence-electron chi connectivity index (χ1n) is 7.46. The first-order chi connectivity index (χ1) is 9.08. The number of nitrogens with zero attached hydrogens (tertiary/aromatic N) is 3. The van der Waals surface area contributed by atoms with E-state index in [1.165, 1.54) is 11.3 Å². The minimum absolute atomic E-state index is 0.439.